The molecule has 0 atom stereocenters. The normalized spacial score (nSPS) is 11.8. The molecule has 0 aliphatic rings. The van der Waals surface area contributed by atoms with Crippen LogP contribution in [-0.2, 0) is 9.53 Å². The first-order valence-corrected chi connectivity index (χ1v) is 5.26. The van der Waals surface area contributed by atoms with Gasteiger partial charge in [-0.1, -0.05) is 35.9 Å². The van der Waals surface area contributed by atoms with Gasteiger partial charge in [-0.3, -0.25) is 0 Å². The van der Waals surface area contributed by atoms with Gasteiger partial charge in [0.2, 0.25) is 0 Å². The molecule has 0 bridgehead atoms. The molecule has 0 N–H and O–H groups in total. The maximum absolute atomic E-state index is 13.2. The maximum Gasteiger partial charge on any atom is 0.381 e. The van der Waals surface area contributed by atoms with E-state index in [1.165, 1.54) is 13.0 Å². The zero-order valence-corrected chi connectivity index (χ0v) is 9.74. The van der Waals surface area contributed by atoms with Crippen LogP contribution in [0.25, 0.3) is 6.08 Å². The molecule has 0 radical (unpaired) electrons. The quantitative estimate of drug-likeness (QED) is 0.755. The van der Waals surface area contributed by atoms with Crippen molar-refractivity contribution in [3.8, 4) is 0 Å². The SMILES string of the molecule is CCOC(=O)C(F)(F)/C=C/c1cccc(C)c1. The van der Waals surface area contributed by atoms with E-state index in [2.05, 4.69) is 4.74 Å². The molecule has 92 valence electrons. The standard InChI is InChI=1S/C13H14F2O2/c1-3-17-12(16)13(14,15)8-7-11-6-4-5-10(2)9-11/h4-9H,3H2,1-2H3/b8-7+. The third-order valence-electron chi connectivity index (χ3n) is 2.07. The van der Waals surface area contributed by atoms with Crippen molar-refractivity contribution in [1.29, 1.82) is 0 Å². The average molecular weight is 240 g/mol. The average Bonchev–Trinajstić information content (AvgIpc) is 2.27. The van der Waals surface area contributed by atoms with Gasteiger partial charge in [-0.25, -0.2) is 4.79 Å². The van der Waals surface area contributed by atoms with Crippen molar-refractivity contribution < 1.29 is 18.3 Å². The van der Waals surface area contributed by atoms with Crippen LogP contribution in [0.4, 0.5) is 8.78 Å². The van der Waals surface area contributed by atoms with Crippen molar-refractivity contribution in [2.45, 2.75) is 19.8 Å². The van der Waals surface area contributed by atoms with Gasteiger partial charge in [-0.15, -0.1) is 0 Å². The predicted molar refractivity (Wildman–Crippen MR) is 61.8 cm³/mol. The monoisotopic (exact) mass is 240 g/mol. The van der Waals surface area contributed by atoms with Crippen LogP contribution in [-0.4, -0.2) is 18.5 Å². The molecule has 17 heavy (non-hydrogen) atoms. The van der Waals surface area contributed by atoms with Crippen LogP contribution in [0, 0.1) is 6.92 Å². The first-order valence-electron chi connectivity index (χ1n) is 5.26. The lowest BCUT2D eigenvalue weighted by atomic mass is 10.1. The summed E-state index contributed by atoms with van der Waals surface area (Å²) >= 11 is 0. The summed E-state index contributed by atoms with van der Waals surface area (Å²) in [5.74, 6) is -5.11. The molecular weight excluding hydrogens is 226 g/mol. The molecule has 2 nitrogen and oxygen atoms in total. The molecule has 0 aromatic heterocycles. The van der Waals surface area contributed by atoms with E-state index < -0.39 is 11.9 Å². The fourth-order valence-electron chi connectivity index (χ4n) is 1.27. The second-order valence-corrected chi connectivity index (χ2v) is 3.59. The molecule has 0 heterocycles. The third kappa shape index (κ3) is 3.98. The molecule has 0 fully saturated rings. The van der Waals surface area contributed by atoms with Gasteiger partial charge in [0.25, 0.3) is 0 Å². The molecule has 0 aliphatic heterocycles. The topological polar surface area (TPSA) is 26.3 Å². The van der Waals surface area contributed by atoms with Crippen molar-refractivity contribution in [2.75, 3.05) is 6.61 Å². The van der Waals surface area contributed by atoms with Crippen LogP contribution in [0.2, 0.25) is 0 Å². The summed E-state index contributed by atoms with van der Waals surface area (Å²) in [5, 5.41) is 0. The summed E-state index contributed by atoms with van der Waals surface area (Å²) in [6, 6.07) is 7.06. The van der Waals surface area contributed by atoms with E-state index in [0.717, 1.165) is 5.56 Å². The second-order valence-electron chi connectivity index (χ2n) is 3.59. The zero-order chi connectivity index (χ0) is 12.9. The minimum absolute atomic E-state index is 0.0628. The number of aryl methyl sites for hydroxylation is 1. The van der Waals surface area contributed by atoms with Gasteiger partial charge < -0.3 is 4.74 Å². The Morgan fingerprint density at radius 1 is 1.47 bits per heavy atom. The molecule has 0 unspecified atom stereocenters. The molecule has 0 aliphatic carbocycles. The highest BCUT2D eigenvalue weighted by Crippen LogP contribution is 2.19. The molecule has 4 heteroatoms. The highest BCUT2D eigenvalue weighted by molar-refractivity contribution is 5.81. The number of alkyl halides is 2. The number of esters is 1. The Morgan fingerprint density at radius 2 is 2.18 bits per heavy atom. The Bertz CT molecular complexity index is 425. The Hall–Kier alpha value is -1.71. The van der Waals surface area contributed by atoms with Crippen molar-refractivity contribution >= 4 is 12.0 Å². The highest BCUT2D eigenvalue weighted by atomic mass is 19.3. The molecule has 1 rings (SSSR count). The lowest BCUT2D eigenvalue weighted by molar-refractivity contribution is -0.164. The van der Waals surface area contributed by atoms with E-state index in [1.807, 2.05) is 13.0 Å². The minimum Gasteiger partial charge on any atom is -0.461 e. The van der Waals surface area contributed by atoms with E-state index >= 15 is 0 Å². The van der Waals surface area contributed by atoms with Crippen LogP contribution in [0.15, 0.2) is 30.3 Å². The Labute approximate surface area is 98.9 Å². The largest absolute Gasteiger partial charge is 0.461 e. The molecule has 0 spiro atoms. The van der Waals surface area contributed by atoms with Crippen LogP contribution < -0.4 is 0 Å². The minimum atomic E-state index is -3.58. The molecule has 1 aromatic carbocycles. The van der Waals surface area contributed by atoms with Crippen molar-refractivity contribution in [1.82, 2.24) is 0 Å². The van der Waals surface area contributed by atoms with Crippen LogP contribution in [0.5, 0.6) is 0 Å². The van der Waals surface area contributed by atoms with Gasteiger partial charge in [-0.05, 0) is 25.5 Å². The fourth-order valence-corrected chi connectivity index (χ4v) is 1.27. The number of rotatable bonds is 4. The highest BCUT2D eigenvalue weighted by Gasteiger charge is 2.37. The molecule has 1 aromatic rings. The number of hydrogen-bond acceptors (Lipinski definition) is 2. The fraction of sp³-hybridized carbons (Fsp3) is 0.308. The summed E-state index contributed by atoms with van der Waals surface area (Å²) in [5.41, 5.74) is 1.58. The van der Waals surface area contributed by atoms with Gasteiger partial charge in [0.1, 0.15) is 0 Å². The predicted octanol–water partition coefficient (Wildman–Crippen LogP) is 3.21. The van der Waals surface area contributed by atoms with E-state index in [1.54, 1.807) is 18.2 Å². The van der Waals surface area contributed by atoms with Gasteiger partial charge in [0, 0.05) is 0 Å². The first kappa shape index (κ1) is 13.4. The number of ether oxygens (including phenoxy) is 1. The molecule has 0 saturated heterocycles. The van der Waals surface area contributed by atoms with Crippen molar-refractivity contribution in [2.24, 2.45) is 0 Å². The van der Waals surface area contributed by atoms with Gasteiger partial charge in [0.05, 0.1) is 6.61 Å². The van der Waals surface area contributed by atoms with E-state index in [9.17, 15) is 13.6 Å². The van der Waals surface area contributed by atoms with Crippen LogP contribution in [0.3, 0.4) is 0 Å². The molecular formula is C13H14F2O2. The molecule has 0 saturated carbocycles. The zero-order valence-electron chi connectivity index (χ0n) is 9.74. The van der Waals surface area contributed by atoms with Gasteiger partial charge in [0.15, 0.2) is 0 Å². The lowest BCUT2D eigenvalue weighted by Gasteiger charge is -2.09. The number of halogens is 2. The summed E-state index contributed by atoms with van der Waals surface area (Å²) in [4.78, 5) is 10.9. The number of carbonyl (C=O) groups is 1. The van der Waals surface area contributed by atoms with E-state index in [4.69, 9.17) is 0 Å². The van der Waals surface area contributed by atoms with Crippen molar-refractivity contribution in [3.63, 3.8) is 0 Å². The Balaban J connectivity index is 2.79. The first-order chi connectivity index (χ1) is 7.95. The number of hydrogen-bond donors (Lipinski definition) is 0. The second kappa shape index (κ2) is 5.57. The Kier molecular flexibility index (Phi) is 4.37. The summed E-state index contributed by atoms with van der Waals surface area (Å²) in [7, 11) is 0. The summed E-state index contributed by atoms with van der Waals surface area (Å²) < 4.78 is 30.7. The summed E-state index contributed by atoms with van der Waals surface area (Å²) in [6.45, 7) is 3.28. The summed E-state index contributed by atoms with van der Waals surface area (Å²) in [6.07, 6.45) is 1.77. The smallest absolute Gasteiger partial charge is 0.381 e. The number of carbonyl (C=O) groups excluding carboxylic acids is 1. The van der Waals surface area contributed by atoms with Crippen LogP contribution >= 0.6 is 0 Å². The number of benzene rings is 1. The van der Waals surface area contributed by atoms with E-state index in [0.29, 0.717) is 11.6 Å². The maximum atomic E-state index is 13.2. The third-order valence-corrected chi connectivity index (χ3v) is 2.07. The lowest BCUT2D eigenvalue weighted by Crippen LogP contribution is -2.28. The van der Waals surface area contributed by atoms with Gasteiger partial charge in [-0.2, -0.15) is 8.78 Å². The van der Waals surface area contributed by atoms with Gasteiger partial charge >= 0.3 is 11.9 Å². The Morgan fingerprint density at radius 3 is 2.76 bits per heavy atom. The van der Waals surface area contributed by atoms with Crippen molar-refractivity contribution in [3.05, 3.63) is 41.5 Å². The molecule has 0 amide bonds. The van der Waals surface area contributed by atoms with Crippen LogP contribution in [0.1, 0.15) is 18.1 Å². The van der Waals surface area contributed by atoms with E-state index in [-0.39, 0.29) is 6.61 Å².